The highest BCUT2D eigenvalue weighted by molar-refractivity contribution is 6.39. The van der Waals surface area contributed by atoms with Gasteiger partial charge in [0.1, 0.15) is 0 Å². The predicted octanol–water partition coefficient (Wildman–Crippen LogP) is 5.21. The number of nitrogens with one attached hydrogen (secondary N) is 2. The Kier molecular flexibility index (Phi) is 6.35. The minimum atomic E-state index is -0.444. The smallest absolute Gasteiger partial charge is 0.256 e. The van der Waals surface area contributed by atoms with E-state index in [1.165, 1.54) is 11.9 Å². The van der Waals surface area contributed by atoms with Crippen LogP contribution in [0.4, 0.5) is 11.4 Å². The molecule has 1 aliphatic carbocycles. The third-order valence-corrected chi connectivity index (χ3v) is 5.91. The van der Waals surface area contributed by atoms with Crippen molar-refractivity contribution in [1.82, 2.24) is 4.90 Å². The molecule has 0 aromatic heterocycles. The molecule has 0 bridgehead atoms. The molecule has 0 unspecified atom stereocenters. The molecule has 0 heterocycles. The van der Waals surface area contributed by atoms with E-state index < -0.39 is 5.91 Å². The van der Waals surface area contributed by atoms with Crippen molar-refractivity contribution in [1.29, 1.82) is 0 Å². The molecule has 0 radical (unpaired) electrons. The van der Waals surface area contributed by atoms with E-state index in [1.54, 1.807) is 30.3 Å². The van der Waals surface area contributed by atoms with Crippen molar-refractivity contribution < 1.29 is 14.4 Å². The Bertz CT molecular complexity index is 1200. The average molecular weight is 470 g/mol. The monoisotopic (exact) mass is 469 g/mol. The lowest BCUT2D eigenvalue weighted by Gasteiger charge is -2.20. The maximum Gasteiger partial charge on any atom is 0.256 e. The summed E-state index contributed by atoms with van der Waals surface area (Å²) in [5.41, 5.74) is 1.06. The molecule has 3 aromatic carbocycles. The van der Waals surface area contributed by atoms with Crippen LogP contribution in [-0.2, 0) is 9.59 Å². The van der Waals surface area contributed by atoms with Crippen molar-refractivity contribution in [3.8, 4) is 0 Å². The first-order chi connectivity index (χ1) is 15.3. The summed E-state index contributed by atoms with van der Waals surface area (Å²) < 4.78 is 0. The Hall–Kier alpha value is -3.09. The van der Waals surface area contributed by atoms with E-state index in [0.29, 0.717) is 27.0 Å². The van der Waals surface area contributed by atoms with E-state index in [9.17, 15) is 14.4 Å². The summed E-state index contributed by atoms with van der Waals surface area (Å²) in [4.78, 5) is 39.4. The van der Waals surface area contributed by atoms with Crippen LogP contribution < -0.4 is 10.6 Å². The van der Waals surface area contributed by atoms with Crippen LogP contribution >= 0.6 is 23.2 Å². The van der Waals surface area contributed by atoms with E-state index in [-0.39, 0.29) is 24.3 Å². The first-order valence-corrected chi connectivity index (χ1v) is 10.9. The molecule has 8 heteroatoms. The first kappa shape index (κ1) is 22.1. The molecule has 0 spiro atoms. The van der Waals surface area contributed by atoms with Crippen LogP contribution in [0.25, 0.3) is 10.8 Å². The zero-order valence-electron chi connectivity index (χ0n) is 17.3. The van der Waals surface area contributed by atoms with Crippen molar-refractivity contribution in [2.45, 2.75) is 12.8 Å². The maximum absolute atomic E-state index is 13.2. The van der Waals surface area contributed by atoms with E-state index in [1.807, 2.05) is 24.3 Å². The lowest BCUT2D eigenvalue weighted by atomic mass is 10.0. The Morgan fingerprint density at radius 2 is 1.56 bits per heavy atom. The number of rotatable bonds is 6. The molecular formula is C24H21Cl2N3O3. The fourth-order valence-corrected chi connectivity index (χ4v) is 3.88. The lowest BCUT2D eigenvalue weighted by Crippen LogP contribution is -2.35. The minimum Gasteiger partial charge on any atom is -0.332 e. The third-order valence-electron chi connectivity index (χ3n) is 5.28. The van der Waals surface area contributed by atoms with Crippen molar-refractivity contribution in [2.75, 3.05) is 24.2 Å². The van der Waals surface area contributed by atoms with Gasteiger partial charge in [0.2, 0.25) is 11.8 Å². The summed E-state index contributed by atoms with van der Waals surface area (Å²) in [6.45, 7) is -0.219. The summed E-state index contributed by atoms with van der Waals surface area (Å²) in [7, 11) is 1.53. The van der Waals surface area contributed by atoms with E-state index in [2.05, 4.69) is 10.6 Å². The van der Waals surface area contributed by atoms with Crippen LogP contribution in [0.5, 0.6) is 0 Å². The summed E-state index contributed by atoms with van der Waals surface area (Å²) in [5.74, 6) is -0.932. The lowest BCUT2D eigenvalue weighted by molar-refractivity contribution is -0.117. The SMILES string of the molecule is CN(CC(=O)Nc1c(Cl)cccc1Cl)C(=O)c1cc2ccccc2cc1NC(=O)C1CC1. The molecule has 6 nitrogen and oxygen atoms in total. The van der Waals surface area contributed by atoms with Gasteiger partial charge in [-0.05, 0) is 47.9 Å². The summed E-state index contributed by atoms with van der Waals surface area (Å²) in [6.07, 6.45) is 1.71. The van der Waals surface area contributed by atoms with Crippen LogP contribution in [0.3, 0.4) is 0 Å². The van der Waals surface area contributed by atoms with Gasteiger partial charge >= 0.3 is 0 Å². The molecule has 4 rings (SSSR count). The zero-order valence-corrected chi connectivity index (χ0v) is 18.8. The number of hydrogen-bond acceptors (Lipinski definition) is 3. The number of anilines is 2. The van der Waals surface area contributed by atoms with Gasteiger partial charge in [-0.1, -0.05) is 53.5 Å². The Balaban J connectivity index is 1.56. The van der Waals surface area contributed by atoms with Gasteiger partial charge in [-0.15, -0.1) is 0 Å². The van der Waals surface area contributed by atoms with Crippen LogP contribution in [-0.4, -0.2) is 36.2 Å². The first-order valence-electron chi connectivity index (χ1n) is 10.2. The fourth-order valence-electron chi connectivity index (χ4n) is 3.39. The quantitative estimate of drug-likeness (QED) is 0.520. The molecule has 1 saturated carbocycles. The number of amides is 3. The van der Waals surface area contributed by atoms with Crippen molar-refractivity contribution in [2.24, 2.45) is 5.92 Å². The van der Waals surface area contributed by atoms with Gasteiger partial charge in [-0.25, -0.2) is 0 Å². The van der Waals surface area contributed by atoms with Gasteiger partial charge < -0.3 is 15.5 Å². The molecule has 3 amide bonds. The molecule has 1 fully saturated rings. The van der Waals surface area contributed by atoms with E-state index >= 15 is 0 Å². The number of likely N-dealkylation sites (N-methyl/N-ethyl adjacent to an activating group) is 1. The van der Waals surface area contributed by atoms with Gasteiger partial charge in [-0.3, -0.25) is 14.4 Å². The summed E-state index contributed by atoms with van der Waals surface area (Å²) in [6, 6.07) is 16.0. The summed E-state index contributed by atoms with van der Waals surface area (Å²) in [5, 5.41) is 7.91. The van der Waals surface area contributed by atoms with Gasteiger partial charge in [0.25, 0.3) is 5.91 Å². The molecule has 0 atom stereocenters. The second-order valence-electron chi connectivity index (χ2n) is 7.81. The predicted molar refractivity (Wildman–Crippen MR) is 127 cm³/mol. The number of carbonyl (C=O) groups is 3. The van der Waals surface area contributed by atoms with Crippen molar-refractivity contribution in [3.05, 3.63) is 70.2 Å². The molecular weight excluding hydrogens is 449 g/mol. The summed E-state index contributed by atoms with van der Waals surface area (Å²) >= 11 is 12.2. The van der Waals surface area contributed by atoms with Gasteiger partial charge in [-0.2, -0.15) is 0 Å². The fraction of sp³-hybridized carbons (Fsp3) is 0.208. The van der Waals surface area contributed by atoms with E-state index in [4.69, 9.17) is 23.2 Å². The molecule has 3 aromatic rings. The highest BCUT2D eigenvalue weighted by Crippen LogP contribution is 2.32. The number of nitrogens with zero attached hydrogens (tertiary/aromatic N) is 1. The van der Waals surface area contributed by atoms with Gasteiger partial charge in [0.05, 0.1) is 33.5 Å². The molecule has 164 valence electrons. The normalized spacial score (nSPS) is 13.0. The van der Waals surface area contributed by atoms with Crippen LogP contribution in [0.1, 0.15) is 23.2 Å². The molecule has 0 aliphatic heterocycles. The van der Waals surface area contributed by atoms with Crippen molar-refractivity contribution >= 4 is 63.1 Å². The standard InChI is InChI=1S/C24H21Cl2N3O3/c1-29(13-21(30)28-22-18(25)7-4-8-19(22)26)24(32)17-11-15-5-2-3-6-16(15)12-20(17)27-23(31)14-9-10-14/h2-8,11-12,14H,9-10,13H2,1H3,(H,27,31)(H,28,30). The molecule has 2 N–H and O–H groups in total. The minimum absolute atomic E-state index is 0.00620. The zero-order chi connectivity index (χ0) is 22.8. The number of carbonyl (C=O) groups excluding carboxylic acids is 3. The second-order valence-corrected chi connectivity index (χ2v) is 8.63. The van der Waals surface area contributed by atoms with Gasteiger partial charge in [0, 0.05) is 13.0 Å². The number of fused-ring (bicyclic) bond motifs is 1. The number of hydrogen-bond donors (Lipinski definition) is 2. The van der Waals surface area contributed by atoms with Gasteiger partial charge in [0.15, 0.2) is 0 Å². The molecule has 32 heavy (non-hydrogen) atoms. The van der Waals surface area contributed by atoms with Crippen molar-refractivity contribution in [3.63, 3.8) is 0 Å². The van der Waals surface area contributed by atoms with Crippen LogP contribution in [0.2, 0.25) is 10.0 Å². The van der Waals surface area contributed by atoms with Crippen LogP contribution in [0, 0.1) is 5.92 Å². The molecule has 0 saturated heterocycles. The number of halogens is 2. The largest absolute Gasteiger partial charge is 0.332 e. The van der Waals surface area contributed by atoms with E-state index in [0.717, 1.165) is 23.6 Å². The topological polar surface area (TPSA) is 78.5 Å². The average Bonchev–Trinajstić information content (AvgIpc) is 3.61. The second kappa shape index (κ2) is 9.18. The Labute approximate surface area is 195 Å². The Morgan fingerprint density at radius 1 is 0.938 bits per heavy atom. The number of benzene rings is 3. The highest BCUT2D eigenvalue weighted by Gasteiger charge is 2.30. The molecule has 1 aliphatic rings. The maximum atomic E-state index is 13.2. The highest BCUT2D eigenvalue weighted by atomic mass is 35.5. The third kappa shape index (κ3) is 4.87. The van der Waals surface area contributed by atoms with Crippen LogP contribution in [0.15, 0.2) is 54.6 Å². The Morgan fingerprint density at radius 3 is 2.19 bits per heavy atom. The number of para-hydroxylation sites is 1.